The maximum absolute atomic E-state index is 13.8. The maximum Gasteiger partial charge on any atom is 0.411 e. The van der Waals surface area contributed by atoms with Gasteiger partial charge in [-0.15, -0.1) is 0 Å². The Morgan fingerprint density at radius 3 is 1.24 bits per heavy atom. The van der Waals surface area contributed by atoms with E-state index in [4.69, 9.17) is 80.0 Å². The number of aromatic nitrogens is 9. The molecule has 6 N–H and O–H groups in total. The van der Waals surface area contributed by atoms with Gasteiger partial charge in [0, 0.05) is 140 Å². The quantitative estimate of drug-likeness (QED) is 0.0561. The lowest BCUT2D eigenvalue weighted by molar-refractivity contribution is 0.0599. The Morgan fingerprint density at radius 2 is 0.892 bits per heavy atom. The van der Waals surface area contributed by atoms with Crippen LogP contribution in [-0.2, 0) is 33.9 Å². The topological polar surface area (TPSA) is 364 Å². The molecule has 0 bridgehead atoms. The molecule has 0 radical (unpaired) electrons. The van der Waals surface area contributed by atoms with Crippen molar-refractivity contribution in [1.82, 2.24) is 58.5 Å². The van der Waals surface area contributed by atoms with Gasteiger partial charge in [-0.1, -0.05) is 41.7 Å². The minimum Gasteiger partial charge on any atom is -0.453 e. The molecular formula is C74H91Cl3N19O12PS2. The Balaban J connectivity index is 0.000000146. The van der Waals surface area contributed by atoms with Crippen molar-refractivity contribution in [3.05, 3.63) is 157 Å². The minimum atomic E-state index is -3.61. The van der Waals surface area contributed by atoms with Crippen LogP contribution in [0.3, 0.4) is 0 Å². The summed E-state index contributed by atoms with van der Waals surface area (Å²) in [5, 5.41) is 18.1. The number of amides is 4. The van der Waals surface area contributed by atoms with Crippen LogP contribution in [0.1, 0.15) is 161 Å². The first kappa shape index (κ1) is 80.1. The van der Waals surface area contributed by atoms with Gasteiger partial charge in [0.05, 0.1) is 88.6 Å². The first-order valence-corrected chi connectivity index (χ1v) is 43.9. The molecule has 111 heavy (non-hydrogen) atoms. The Kier molecular flexibility index (Phi) is 23.8. The lowest BCUT2D eigenvalue weighted by Gasteiger charge is -2.40. The van der Waals surface area contributed by atoms with E-state index in [0.717, 1.165) is 160 Å². The number of nitrogens with zero attached hydrogens (tertiary/aromatic N) is 15. The average Bonchev–Trinajstić information content (AvgIpc) is 1.67. The van der Waals surface area contributed by atoms with Crippen LogP contribution < -0.4 is 35.2 Å². The third kappa shape index (κ3) is 18.7. The summed E-state index contributed by atoms with van der Waals surface area (Å²) in [6, 6.07) is 19.0. The number of aryl methyl sites for hydroxylation is 3. The highest BCUT2D eigenvalue weighted by Crippen LogP contribution is 2.43. The minimum absolute atomic E-state index is 0.162. The van der Waals surface area contributed by atoms with Crippen molar-refractivity contribution in [2.45, 2.75) is 129 Å². The van der Waals surface area contributed by atoms with Crippen molar-refractivity contribution < 1.29 is 54.7 Å². The first-order valence-electron chi connectivity index (χ1n) is 36.9. The molecule has 0 aliphatic carbocycles. The number of fused-ring (bicyclic) bond motifs is 3. The highest BCUT2D eigenvalue weighted by atomic mass is 35.5. The number of methoxy groups -OCH3 is 1. The van der Waals surface area contributed by atoms with Gasteiger partial charge in [-0.05, 0) is 152 Å². The molecule has 15 rings (SSSR count). The second kappa shape index (κ2) is 33.0. The fraction of sp³-hybridized carbons (Fsp3) is 0.459. The second-order valence-electron chi connectivity index (χ2n) is 29.6. The molecule has 0 spiro atoms. The molecular weight excluding hydrogens is 1550 g/mol. The van der Waals surface area contributed by atoms with Crippen LogP contribution in [0.5, 0.6) is 0 Å². The van der Waals surface area contributed by atoms with Crippen LogP contribution in [0.2, 0.25) is 15.1 Å². The number of sulfonamides is 2. The van der Waals surface area contributed by atoms with E-state index < -0.39 is 33.7 Å². The maximum atomic E-state index is 13.8. The van der Waals surface area contributed by atoms with E-state index in [-0.39, 0.29) is 70.5 Å². The van der Waals surface area contributed by atoms with Gasteiger partial charge in [0.1, 0.15) is 23.6 Å². The SMILES string of the molecule is COC(=O)Nc1ccc(Cl)cc1C(=O)N1CCCC[C@H]1c1cc2nc(N3CC[C@H](N)C3)c(C)cn2n1.Cc1cn2nc([C@@H]3CCCCN3C(=O)c3cc(Cl)ccc3NS(C)(=O)=O)cc2nc1N1CC(OP(C)(=O)O)C1.Cc1cn2nc([C@@H]3CCCCN3C(=O)c3cc(Cl)ccc3NS(C)(=O)=O)cc2nc1N1CC[C@H](C)C1. The molecule has 6 atom stereocenters. The van der Waals surface area contributed by atoms with Gasteiger partial charge in [0.15, 0.2) is 16.9 Å². The molecule has 6 aromatic heterocycles. The number of hydrogen-bond acceptors (Lipinski definition) is 21. The number of likely N-dealkylation sites (tertiary alicyclic amines) is 3. The molecule has 4 amide bonds. The zero-order valence-corrected chi connectivity index (χ0v) is 67.7. The average molecular weight is 1640 g/mol. The Labute approximate surface area is 658 Å². The normalized spacial score (nSPS) is 20.3. The van der Waals surface area contributed by atoms with E-state index in [2.05, 4.69) is 38.4 Å². The number of anilines is 6. The van der Waals surface area contributed by atoms with Gasteiger partial charge < -0.3 is 49.3 Å². The lowest BCUT2D eigenvalue weighted by atomic mass is 9.98. The standard InChI is InChI=1S/C25H30ClN7O3.C25H31ClN6O3S.C24H30ClN6O6PS/c1-15-13-33-22(29-23(15)31-10-8-17(27)14-31)12-20(30-33)21-5-3-4-9-32(21)24(34)18-11-16(26)6-7-19(18)28-25(35)36-2;1-16-9-11-30(14-16)24-17(2)15-32-23(27-24)13-21(28-32)22-6-4-5-10-31(22)25(33)19-12-18(26)7-8-20(19)29-36(3,34)35;1-15-12-31-22(26-23(15)29-13-17(14-29)37-38(2,33)34)11-20(27-31)21-6-4-5-9-30(21)24(32)18-10-16(25)7-8-19(18)28-39(3,35)36/h6-7,11-13,17,21H,3-5,8-10,14,27H2,1-2H3,(H,28,35);7-8,12-13,15-16,22,29H,4-6,9-11,14H2,1-3H3;7-8,10-12,17,21,28H,4-6,9,13-14H2,1-3H3,(H,33,34)/t17-,21-;16-,22-;21-/m000/s1. The van der Waals surface area contributed by atoms with E-state index in [1.54, 1.807) is 47.6 Å². The van der Waals surface area contributed by atoms with Crippen LogP contribution in [-0.4, -0.2) is 201 Å². The van der Waals surface area contributed by atoms with Crippen molar-refractivity contribution in [2.75, 3.05) is 115 Å². The summed E-state index contributed by atoms with van der Waals surface area (Å²) in [6.45, 7) is 15.6. The first-order chi connectivity index (χ1) is 52.7. The number of carbonyl (C=O) groups is 4. The molecule has 9 aromatic rings. The number of halogens is 3. The molecule has 6 aliphatic rings. The third-order valence-electron chi connectivity index (χ3n) is 20.6. The largest absolute Gasteiger partial charge is 0.453 e. The molecule has 6 saturated heterocycles. The predicted molar refractivity (Wildman–Crippen MR) is 427 cm³/mol. The van der Waals surface area contributed by atoms with Gasteiger partial charge in [-0.2, -0.15) is 15.3 Å². The Bertz CT molecular complexity index is 5350. The number of ether oxygens (including phenoxy) is 1. The number of rotatable bonds is 16. The third-order valence-corrected chi connectivity index (χ3v) is 23.2. The van der Waals surface area contributed by atoms with E-state index in [1.165, 1.54) is 44.1 Å². The number of benzene rings is 3. The Hall–Kier alpha value is -8.92. The Morgan fingerprint density at radius 1 is 0.523 bits per heavy atom. The van der Waals surface area contributed by atoms with Gasteiger partial charge in [-0.3, -0.25) is 33.7 Å². The van der Waals surface area contributed by atoms with Crippen LogP contribution in [0, 0.1) is 26.7 Å². The zero-order chi connectivity index (χ0) is 79.1. The van der Waals surface area contributed by atoms with E-state index in [1.807, 2.05) is 60.4 Å². The van der Waals surface area contributed by atoms with Crippen LogP contribution in [0.15, 0.2) is 91.4 Å². The number of carbonyl (C=O) groups excluding carboxylic acids is 4. The van der Waals surface area contributed by atoms with Gasteiger partial charge in [-0.25, -0.2) is 50.1 Å². The number of piperidine rings is 3. The van der Waals surface area contributed by atoms with E-state index in [0.29, 0.717) is 82.7 Å². The molecule has 3 aromatic carbocycles. The molecule has 37 heteroatoms. The van der Waals surface area contributed by atoms with Crippen molar-refractivity contribution in [1.29, 1.82) is 0 Å². The highest BCUT2D eigenvalue weighted by Gasteiger charge is 2.39. The summed E-state index contributed by atoms with van der Waals surface area (Å²) >= 11 is 18.6. The van der Waals surface area contributed by atoms with Crippen LogP contribution >= 0.6 is 42.4 Å². The molecule has 1 unspecified atom stereocenters. The van der Waals surface area contributed by atoms with E-state index in [9.17, 15) is 45.5 Å². The zero-order valence-electron chi connectivity index (χ0n) is 62.9. The molecule has 12 heterocycles. The fourth-order valence-electron chi connectivity index (χ4n) is 15.4. The summed E-state index contributed by atoms with van der Waals surface area (Å²) in [5.74, 6) is 2.48. The van der Waals surface area contributed by atoms with E-state index >= 15 is 0 Å². The monoisotopic (exact) mass is 1640 g/mol. The second-order valence-corrected chi connectivity index (χ2v) is 36.2. The van der Waals surface area contributed by atoms with Gasteiger partial charge in [0.2, 0.25) is 20.0 Å². The molecule has 6 fully saturated rings. The van der Waals surface area contributed by atoms with Crippen molar-refractivity contribution in [3.63, 3.8) is 0 Å². The molecule has 6 aliphatic heterocycles. The number of hydrogen-bond donors (Lipinski definition) is 5. The summed E-state index contributed by atoms with van der Waals surface area (Å²) in [7, 11) is -9.46. The lowest BCUT2D eigenvalue weighted by Crippen LogP contribution is -2.52. The summed E-state index contributed by atoms with van der Waals surface area (Å²) in [5.41, 5.74) is 14.9. The highest BCUT2D eigenvalue weighted by molar-refractivity contribution is 7.92. The molecule has 0 saturated carbocycles. The number of nitrogens with one attached hydrogen (secondary N) is 3. The number of nitrogens with two attached hydrogens (primary N) is 1. The van der Waals surface area contributed by atoms with Crippen molar-refractivity contribution in [3.8, 4) is 0 Å². The van der Waals surface area contributed by atoms with Gasteiger partial charge in [0.25, 0.3) is 17.7 Å². The summed E-state index contributed by atoms with van der Waals surface area (Å²) in [6.07, 6.45) is 16.7. The summed E-state index contributed by atoms with van der Waals surface area (Å²) in [4.78, 5) is 89.0. The van der Waals surface area contributed by atoms with Crippen molar-refractivity contribution >= 4 is 138 Å². The molecule has 592 valence electrons. The van der Waals surface area contributed by atoms with Gasteiger partial charge >= 0.3 is 13.7 Å². The van der Waals surface area contributed by atoms with Crippen LogP contribution in [0.25, 0.3) is 16.9 Å². The smallest absolute Gasteiger partial charge is 0.411 e. The summed E-state index contributed by atoms with van der Waals surface area (Å²) < 4.78 is 79.2. The van der Waals surface area contributed by atoms with Crippen molar-refractivity contribution in [2.24, 2.45) is 11.7 Å². The van der Waals surface area contributed by atoms with Crippen LogP contribution in [0.4, 0.5) is 39.3 Å². The molecule has 31 nitrogen and oxygen atoms in total. The predicted octanol–water partition coefficient (Wildman–Crippen LogP) is 11.5. The fourth-order valence-corrected chi connectivity index (χ4v) is 17.8.